The maximum atomic E-state index is 13.1. The predicted octanol–water partition coefficient (Wildman–Crippen LogP) is 1.14. The molecule has 2 fully saturated rings. The second kappa shape index (κ2) is 9.39. The minimum Gasteiger partial charge on any atom is -0.495 e. The van der Waals surface area contributed by atoms with E-state index in [9.17, 15) is 4.79 Å². The van der Waals surface area contributed by atoms with Gasteiger partial charge in [-0.25, -0.2) is 0 Å². The summed E-state index contributed by atoms with van der Waals surface area (Å²) in [6, 6.07) is 18.7. The van der Waals surface area contributed by atoms with Gasteiger partial charge in [0.25, 0.3) is 5.91 Å². The van der Waals surface area contributed by atoms with Crippen LogP contribution in [0.4, 0.5) is 11.4 Å². The smallest absolute Gasteiger partial charge is 0.280 e. The Bertz CT molecular complexity index is 828. The molecule has 2 saturated heterocycles. The Morgan fingerprint density at radius 2 is 1.50 bits per heavy atom. The van der Waals surface area contributed by atoms with E-state index in [1.165, 1.54) is 10.6 Å². The Hall–Kier alpha value is -2.73. The van der Waals surface area contributed by atoms with Crippen LogP contribution in [0.25, 0.3) is 0 Å². The first-order valence-corrected chi connectivity index (χ1v) is 11.0. The molecule has 160 valence electrons. The van der Waals surface area contributed by atoms with Crippen molar-refractivity contribution in [2.75, 3.05) is 69.3 Å². The molecular formula is C24H33N4O2+. The Morgan fingerprint density at radius 3 is 2.17 bits per heavy atom. The van der Waals surface area contributed by atoms with Crippen molar-refractivity contribution in [2.24, 2.45) is 0 Å². The van der Waals surface area contributed by atoms with E-state index >= 15 is 0 Å². The van der Waals surface area contributed by atoms with E-state index in [1.807, 2.05) is 18.2 Å². The number of anilines is 2. The molecule has 0 radical (unpaired) electrons. The zero-order valence-electron chi connectivity index (χ0n) is 18.1. The van der Waals surface area contributed by atoms with Gasteiger partial charge in [0.2, 0.25) is 0 Å². The molecule has 6 nitrogen and oxygen atoms in total. The van der Waals surface area contributed by atoms with Crippen LogP contribution in [0.2, 0.25) is 0 Å². The molecular weight excluding hydrogens is 376 g/mol. The van der Waals surface area contributed by atoms with Gasteiger partial charge in [-0.05, 0) is 31.2 Å². The first kappa shape index (κ1) is 20.5. The minimum atomic E-state index is 0.00749. The molecule has 30 heavy (non-hydrogen) atoms. The van der Waals surface area contributed by atoms with Crippen LogP contribution in [0.3, 0.4) is 0 Å². The summed E-state index contributed by atoms with van der Waals surface area (Å²) in [6.45, 7) is 9.32. The lowest BCUT2D eigenvalue weighted by atomic mass is 10.1. The molecule has 0 unspecified atom stereocenters. The van der Waals surface area contributed by atoms with E-state index in [4.69, 9.17) is 4.74 Å². The summed E-state index contributed by atoms with van der Waals surface area (Å²) in [4.78, 5) is 21.3. The van der Waals surface area contributed by atoms with Gasteiger partial charge in [0, 0.05) is 31.9 Å². The first-order valence-electron chi connectivity index (χ1n) is 11.0. The second-order valence-electron chi connectivity index (χ2n) is 8.19. The number of methoxy groups -OCH3 is 1. The van der Waals surface area contributed by atoms with Gasteiger partial charge in [0.1, 0.15) is 5.75 Å². The van der Waals surface area contributed by atoms with Gasteiger partial charge in [-0.2, -0.15) is 0 Å². The van der Waals surface area contributed by atoms with E-state index in [-0.39, 0.29) is 6.04 Å². The van der Waals surface area contributed by atoms with E-state index in [1.54, 1.807) is 7.11 Å². The van der Waals surface area contributed by atoms with Crippen molar-refractivity contribution in [3.63, 3.8) is 0 Å². The number of nitrogens with zero attached hydrogens (tertiary/aromatic N) is 3. The molecule has 0 saturated carbocycles. The van der Waals surface area contributed by atoms with Crippen LogP contribution in [0.5, 0.6) is 5.75 Å². The van der Waals surface area contributed by atoms with E-state index in [0.29, 0.717) is 5.91 Å². The summed E-state index contributed by atoms with van der Waals surface area (Å²) in [5.74, 6) is 1.21. The number of carbonyl (C=O) groups excluding carboxylic acids is 1. The van der Waals surface area contributed by atoms with E-state index in [2.05, 4.69) is 58.0 Å². The summed E-state index contributed by atoms with van der Waals surface area (Å²) in [5, 5.41) is 0. The molecule has 0 aromatic heterocycles. The molecule has 1 N–H and O–H groups in total. The molecule has 2 aromatic rings. The minimum absolute atomic E-state index is 0.00749. The number of amides is 1. The van der Waals surface area contributed by atoms with Gasteiger partial charge >= 0.3 is 0 Å². The zero-order valence-corrected chi connectivity index (χ0v) is 18.1. The number of hydrogen-bond acceptors (Lipinski definition) is 4. The fourth-order valence-electron chi connectivity index (χ4n) is 4.63. The third-order valence-corrected chi connectivity index (χ3v) is 6.53. The fourth-order valence-corrected chi connectivity index (χ4v) is 4.63. The number of quaternary nitrogens is 1. The Kier molecular flexibility index (Phi) is 6.43. The molecule has 6 heteroatoms. The number of hydrogen-bond donors (Lipinski definition) is 1. The maximum Gasteiger partial charge on any atom is 0.280 e. The van der Waals surface area contributed by atoms with Crippen molar-refractivity contribution in [2.45, 2.75) is 13.0 Å². The molecule has 2 aromatic carbocycles. The van der Waals surface area contributed by atoms with Gasteiger partial charge in [-0.3, -0.25) is 4.79 Å². The highest BCUT2D eigenvalue weighted by Crippen LogP contribution is 2.27. The molecule has 2 aliphatic rings. The molecule has 1 atom stereocenters. The van der Waals surface area contributed by atoms with Crippen LogP contribution in [-0.2, 0) is 4.79 Å². The number of ether oxygens (including phenoxy) is 1. The van der Waals surface area contributed by atoms with Crippen molar-refractivity contribution in [3.8, 4) is 5.75 Å². The lowest BCUT2D eigenvalue weighted by Crippen LogP contribution is -3.19. The summed E-state index contributed by atoms with van der Waals surface area (Å²) >= 11 is 0. The van der Waals surface area contributed by atoms with Gasteiger partial charge in [0.15, 0.2) is 6.04 Å². The average Bonchev–Trinajstić information content (AvgIpc) is 2.84. The third kappa shape index (κ3) is 4.38. The van der Waals surface area contributed by atoms with Crippen LogP contribution in [-0.4, -0.2) is 76.3 Å². The maximum absolute atomic E-state index is 13.1. The Labute approximate surface area is 179 Å². The lowest BCUT2D eigenvalue weighted by Gasteiger charge is -2.40. The number of carbonyl (C=O) groups is 1. The predicted molar refractivity (Wildman–Crippen MR) is 121 cm³/mol. The number of para-hydroxylation sites is 3. The first-order chi connectivity index (χ1) is 14.7. The van der Waals surface area contributed by atoms with Gasteiger partial charge in [-0.1, -0.05) is 30.3 Å². The highest BCUT2D eigenvalue weighted by Gasteiger charge is 2.33. The van der Waals surface area contributed by atoms with Crippen LogP contribution < -0.4 is 19.4 Å². The van der Waals surface area contributed by atoms with Crippen LogP contribution in [0.15, 0.2) is 54.6 Å². The standard InChI is InChI=1S/C24H32N4O2/c1-20(24(29)28-18-14-26(15-19-28)21-8-4-3-5-9-21)25-12-16-27(17-13-25)22-10-6-7-11-23(22)30-2/h3-11,20H,12-19H2,1-2H3/p+1/t20-/m1/s1. The lowest BCUT2D eigenvalue weighted by molar-refractivity contribution is -0.915. The van der Waals surface area contributed by atoms with E-state index in [0.717, 1.165) is 63.8 Å². The highest BCUT2D eigenvalue weighted by atomic mass is 16.5. The molecule has 2 heterocycles. The molecule has 1 amide bonds. The monoisotopic (exact) mass is 409 g/mol. The van der Waals surface area contributed by atoms with Crippen LogP contribution >= 0.6 is 0 Å². The molecule has 0 spiro atoms. The van der Waals surface area contributed by atoms with Gasteiger partial charge < -0.3 is 24.3 Å². The van der Waals surface area contributed by atoms with Crippen molar-refractivity contribution in [1.82, 2.24) is 4.90 Å². The number of rotatable bonds is 5. The molecule has 0 bridgehead atoms. The molecule has 2 aliphatic heterocycles. The normalized spacial score (nSPS) is 18.9. The molecule has 4 rings (SSSR count). The van der Waals surface area contributed by atoms with Crippen molar-refractivity contribution in [1.29, 1.82) is 0 Å². The Balaban J connectivity index is 1.29. The second-order valence-corrected chi connectivity index (χ2v) is 8.19. The molecule has 0 aliphatic carbocycles. The van der Waals surface area contributed by atoms with Crippen LogP contribution in [0.1, 0.15) is 6.92 Å². The summed E-state index contributed by atoms with van der Waals surface area (Å²) < 4.78 is 5.52. The van der Waals surface area contributed by atoms with Crippen molar-refractivity contribution < 1.29 is 14.4 Å². The topological polar surface area (TPSA) is 40.5 Å². The van der Waals surface area contributed by atoms with Crippen molar-refractivity contribution >= 4 is 17.3 Å². The Morgan fingerprint density at radius 1 is 0.867 bits per heavy atom. The van der Waals surface area contributed by atoms with Gasteiger partial charge in [-0.15, -0.1) is 0 Å². The number of benzene rings is 2. The largest absolute Gasteiger partial charge is 0.495 e. The number of nitrogens with one attached hydrogen (secondary N) is 1. The summed E-state index contributed by atoms with van der Waals surface area (Å²) in [7, 11) is 1.72. The quantitative estimate of drug-likeness (QED) is 0.804. The van der Waals surface area contributed by atoms with Gasteiger partial charge in [0.05, 0.1) is 39.0 Å². The third-order valence-electron chi connectivity index (χ3n) is 6.53. The van der Waals surface area contributed by atoms with Crippen molar-refractivity contribution in [3.05, 3.63) is 54.6 Å². The number of piperazine rings is 2. The SMILES string of the molecule is COc1ccccc1N1CC[NH+]([C@H](C)C(=O)N2CCN(c3ccccc3)CC2)CC1. The summed E-state index contributed by atoms with van der Waals surface area (Å²) in [6.07, 6.45) is 0. The van der Waals surface area contributed by atoms with Crippen LogP contribution in [0, 0.1) is 0 Å². The summed E-state index contributed by atoms with van der Waals surface area (Å²) in [5.41, 5.74) is 2.39. The highest BCUT2D eigenvalue weighted by molar-refractivity contribution is 5.80. The average molecular weight is 410 g/mol. The fraction of sp³-hybridized carbons (Fsp3) is 0.458. The van der Waals surface area contributed by atoms with E-state index < -0.39 is 0 Å². The zero-order chi connectivity index (χ0) is 20.9.